The highest BCUT2D eigenvalue weighted by Gasteiger charge is 2.16. The fourth-order valence-electron chi connectivity index (χ4n) is 2.12. The molecule has 14 heavy (non-hydrogen) atoms. The summed E-state index contributed by atoms with van der Waals surface area (Å²) in [6.07, 6.45) is 6.80. The van der Waals surface area contributed by atoms with E-state index in [0.29, 0.717) is 0 Å². The monoisotopic (exact) mass is 203 g/mol. The van der Waals surface area contributed by atoms with E-state index in [1.165, 1.54) is 16.4 Å². The quantitative estimate of drug-likeness (QED) is 0.584. The van der Waals surface area contributed by atoms with E-state index in [9.17, 15) is 0 Å². The molecule has 3 rings (SSSR count). The highest BCUT2D eigenvalue weighted by Crippen LogP contribution is 2.16. The number of thiocarbonyl (C=S) groups is 1. The molecule has 2 aliphatic rings. The Morgan fingerprint density at radius 1 is 1.36 bits per heavy atom. The van der Waals surface area contributed by atoms with Gasteiger partial charge >= 0.3 is 0 Å². The van der Waals surface area contributed by atoms with Crippen molar-refractivity contribution in [1.82, 2.24) is 15.5 Å². The van der Waals surface area contributed by atoms with Crippen molar-refractivity contribution >= 4 is 29.0 Å². The van der Waals surface area contributed by atoms with Crippen LogP contribution in [0.3, 0.4) is 0 Å². The number of hydrogen-bond donors (Lipinski definition) is 1. The molecule has 1 aromatic rings. The van der Waals surface area contributed by atoms with E-state index in [2.05, 4.69) is 15.5 Å². The van der Waals surface area contributed by atoms with Crippen LogP contribution in [0.5, 0.6) is 0 Å². The lowest BCUT2D eigenvalue weighted by Crippen LogP contribution is -2.32. The first kappa shape index (κ1) is 8.05. The lowest BCUT2D eigenvalue weighted by Gasteiger charge is -2.00. The summed E-state index contributed by atoms with van der Waals surface area (Å²) in [5.41, 5.74) is 2.73. The van der Waals surface area contributed by atoms with E-state index in [-0.39, 0.29) is 0 Å². The molecule has 2 heterocycles. The van der Waals surface area contributed by atoms with Gasteiger partial charge in [-0.15, -0.1) is 5.10 Å². The fraction of sp³-hybridized carbons (Fsp3) is 0.300. The lowest BCUT2D eigenvalue weighted by molar-refractivity contribution is 0.938. The van der Waals surface area contributed by atoms with Crippen LogP contribution in [0.25, 0.3) is 11.8 Å². The molecule has 0 amide bonds. The standard InChI is InChI=1S/C10H9N3S/c14-9-3-6-1-2-7-4-12-13-8(5-11-9)10(6)7/h4-5H,1-3H2,(H,11,14). The third kappa shape index (κ3) is 1.07. The summed E-state index contributed by atoms with van der Waals surface area (Å²) in [5, 5.41) is 13.4. The lowest BCUT2D eigenvalue weighted by atomic mass is 10.1. The van der Waals surface area contributed by atoms with Crippen molar-refractivity contribution in [1.29, 1.82) is 0 Å². The van der Waals surface area contributed by atoms with Crippen molar-refractivity contribution in [3.8, 4) is 0 Å². The van der Waals surface area contributed by atoms with Crippen LogP contribution in [0.15, 0.2) is 6.20 Å². The number of aryl methyl sites for hydroxylation is 1. The van der Waals surface area contributed by atoms with E-state index >= 15 is 0 Å². The molecule has 0 radical (unpaired) electrons. The fourth-order valence-corrected chi connectivity index (χ4v) is 2.35. The molecule has 1 N–H and O–H groups in total. The molecule has 1 aliphatic heterocycles. The second-order valence-corrected chi connectivity index (χ2v) is 4.12. The van der Waals surface area contributed by atoms with Crippen LogP contribution in [0.2, 0.25) is 0 Å². The van der Waals surface area contributed by atoms with Crippen molar-refractivity contribution < 1.29 is 0 Å². The van der Waals surface area contributed by atoms with Crippen LogP contribution in [0.4, 0.5) is 0 Å². The predicted molar refractivity (Wildman–Crippen MR) is 57.8 cm³/mol. The molecule has 0 saturated heterocycles. The van der Waals surface area contributed by atoms with Crippen molar-refractivity contribution in [2.75, 3.05) is 0 Å². The van der Waals surface area contributed by atoms with Gasteiger partial charge in [0.2, 0.25) is 0 Å². The van der Waals surface area contributed by atoms with Crippen LogP contribution in [0, 0.1) is 0 Å². The van der Waals surface area contributed by atoms with Gasteiger partial charge in [0.05, 0.1) is 11.2 Å². The Kier molecular flexibility index (Phi) is 1.64. The van der Waals surface area contributed by atoms with Gasteiger partial charge in [-0.1, -0.05) is 17.8 Å². The molecule has 0 atom stereocenters. The summed E-state index contributed by atoms with van der Waals surface area (Å²) in [6, 6.07) is 0. The van der Waals surface area contributed by atoms with E-state index < -0.39 is 0 Å². The first-order valence-corrected chi connectivity index (χ1v) is 5.07. The molecular weight excluding hydrogens is 194 g/mol. The van der Waals surface area contributed by atoms with E-state index in [4.69, 9.17) is 12.2 Å². The highest BCUT2D eigenvalue weighted by molar-refractivity contribution is 7.80. The van der Waals surface area contributed by atoms with Gasteiger partial charge in [0.25, 0.3) is 0 Å². The number of aromatic nitrogens is 2. The molecule has 0 unspecified atom stereocenters. The first-order valence-electron chi connectivity index (χ1n) is 4.67. The minimum atomic E-state index is 0.873. The zero-order valence-electron chi connectivity index (χ0n) is 7.58. The SMILES string of the molecule is S=C1CC2=c3c(cnnc3=CN1)CC2. The van der Waals surface area contributed by atoms with Crippen molar-refractivity contribution in [3.63, 3.8) is 0 Å². The Labute approximate surface area is 86.5 Å². The number of rotatable bonds is 0. The van der Waals surface area contributed by atoms with Gasteiger partial charge in [-0.25, -0.2) is 0 Å². The minimum Gasteiger partial charge on any atom is -0.354 e. The molecule has 1 aromatic heterocycles. The Hall–Kier alpha value is -1.29. The summed E-state index contributed by atoms with van der Waals surface area (Å²) in [7, 11) is 0. The second kappa shape index (κ2) is 2.85. The Morgan fingerprint density at radius 2 is 2.29 bits per heavy atom. The number of nitrogens with zero attached hydrogens (tertiary/aromatic N) is 2. The third-order valence-electron chi connectivity index (χ3n) is 2.75. The van der Waals surface area contributed by atoms with Crippen molar-refractivity contribution in [2.24, 2.45) is 0 Å². The summed E-state index contributed by atoms with van der Waals surface area (Å²) < 4.78 is 0. The van der Waals surface area contributed by atoms with Crippen LogP contribution in [-0.4, -0.2) is 15.2 Å². The van der Waals surface area contributed by atoms with Gasteiger partial charge in [-0.3, -0.25) is 0 Å². The van der Waals surface area contributed by atoms with Crippen LogP contribution < -0.4 is 15.9 Å². The third-order valence-corrected chi connectivity index (χ3v) is 3.01. The summed E-state index contributed by atoms with van der Waals surface area (Å²) >= 11 is 5.19. The van der Waals surface area contributed by atoms with Gasteiger partial charge in [0, 0.05) is 17.8 Å². The highest BCUT2D eigenvalue weighted by atomic mass is 32.1. The Bertz CT molecular complexity index is 533. The van der Waals surface area contributed by atoms with Crippen LogP contribution in [-0.2, 0) is 6.42 Å². The van der Waals surface area contributed by atoms with Gasteiger partial charge in [0.15, 0.2) is 0 Å². The zero-order valence-corrected chi connectivity index (χ0v) is 8.40. The van der Waals surface area contributed by atoms with Crippen LogP contribution in [0.1, 0.15) is 18.4 Å². The minimum absolute atomic E-state index is 0.873. The molecule has 0 spiro atoms. The van der Waals surface area contributed by atoms with Crippen LogP contribution >= 0.6 is 12.2 Å². The molecule has 0 saturated carbocycles. The van der Waals surface area contributed by atoms with E-state index in [1.54, 1.807) is 0 Å². The maximum absolute atomic E-state index is 5.19. The van der Waals surface area contributed by atoms with Gasteiger partial charge < -0.3 is 5.32 Å². The normalized spacial score (nSPS) is 18.3. The topological polar surface area (TPSA) is 37.8 Å². The van der Waals surface area contributed by atoms with Gasteiger partial charge in [-0.2, -0.15) is 5.10 Å². The summed E-state index contributed by atoms with van der Waals surface area (Å²) in [4.78, 5) is 0.880. The molecular formula is C10H9N3S. The van der Waals surface area contributed by atoms with Gasteiger partial charge in [-0.05, 0) is 18.4 Å². The average Bonchev–Trinajstić information content (AvgIpc) is 2.51. The zero-order chi connectivity index (χ0) is 9.54. The summed E-state index contributed by atoms with van der Waals surface area (Å²) in [6.45, 7) is 0. The second-order valence-electron chi connectivity index (χ2n) is 3.62. The van der Waals surface area contributed by atoms with E-state index in [0.717, 1.165) is 29.6 Å². The Morgan fingerprint density at radius 3 is 3.21 bits per heavy atom. The molecule has 1 aliphatic carbocycles. The largest absolute Gasteiger partial charge is 0.354 e. The molecule has 0 fully saturated rings. The van der Waals surface area contributed by atoms with Crippen molar-refractivity contribution in [2.45, 2.75) is 19.3 Å². The predicted octanol–water partition coefficient (Wildman–Crippen LogP) is -0.368. The molecule has 0 aromatic carbocycles. The Balaban J connectivity index is 2.44. The molecule has 70 valence electrons. The summed E-state index contributed by atoms with van der Waals surface area (Å²) in [5.74, 6) is 0. The van der Waals surface area contributed by atoms with E-state index in [1.807, 2.05) is 12.4 Å². The number of nitrogens with one attached hydrogen (secondary N) is 1. The maximum Gasteiger partial charge on any atom is 0.109 e. The molecule has 0 bridgehead atoms. The molecule has 4 heteroatoms. The average molecular weight is 203 g/mol. The smallest absolute Gasteiger partial charge is 0.109 e. The first-order chi connectivity index (χ1) is 6.84. The molecule has 3 nitrogen and oxygen atoms in total. The van der Waals surface area contributed by atoms with Crippen molar-refractivity contribution in [3.05, 3.63) is 22.3 Å². The van der Waals surface area contributed by atoms with Gasteiger partial charge in [0.1, 0.15) is 5.35 Å². The number of hydrogen-bond acceptors (Lipinski definition) is 3. The maximum atomic E-state index is 5.19.